The average molecular weight is 508 g/mol. The molecule has 188 valence electrons. The Morgan fingerprint density at radius 1 is 1.03 bits per heavy atom. The molecule has 10 heteroatoms. The fourth-order valence-corrected chi connectivity index (χ4v) is 6.88. The van der Waals surface area contributed by atoms with E-state index in [-0.39, 0.29) is 5.82 Å². The van der Waals surface area contributed by atoms with E-state index in [2.05, 4.69) is 31.0 Å². The van der Waals surface area contributed by atoms with E-state index in [4.69, 9.17) is 14.7 Å². The summed E-state index contributed by atoms with van der Waals surface area (Å²) in [6.07, 6.45) is 5.59. The Kier molecular flexibility index (Phi) is 5.84. The van der Waals surface area contributed by atoms with Gasteiger partial charge in [0, 0.05) is 54.6 Å². The zero-order valence-electron chi connectivity index (χ0n) is 20.2. The lowest BCUT2D eigenvalue weighted by Crippen LogP contribution is -2.50. The lowest BCUT2D eigenvalue weighted by molar-refractivity contribution is 0.0615. The molecule has 3 fully saturated rings. The summed E-state index contributed by atoms with van der Waals surface area (Å²) in [5.41, 5.74) is 2.24. The number of H-pyrrole nitrogens is 1. The number of rotatable bonds is 5. The number of morpholine rings is 1. The Morgan fingerprint density at radius 3 is 2.64 bits per heavy atom. The van der Waals surface area contributed by atoms with Crippen molar-refractivity contribution in [3.8, 4) is 11.4 Å². The number of hydrogen-bond donors (Lipinski definition) is 1. The van der Waals surface area contributed by atoms with Crippen LogP contribution in [-0.2, 0) is 11.3 Å². The van der Waals surface area contributed by atoms with Gasteiger partial charge in [-0.1, -0.05) is 0 Å². The maximum Gasteiger partial charge on any atom is 0.163 e. The molecular weight excluding hydrogens is 477 g/mol. The topological polar surface area (TPSA) is 73.4 Å². The van der Waals surface area contributed by atoms with Crippen molar-refractivity contribution in [1.29, 1.82) is 0 Å². The van der Waals surface area contributed by atoms with E-state index in [9.17, 15) is 4.39 Å². The van der Waals surface area contributed by atoms with Gasteiger partial charge in [0.2, 0.25) is 0 Å². The number of aromatic amines is 1. The van der Waals surface area contributed by atoms with Gasteiger partial charge >= 0.3 is 0 Å². The van der Waals surface area contributed by atoms with E-state index < -0.39 is 0 Å². The van der Waals surface area contributed by atoms with Crippen LogP contribution in [0, 0.1) is 5.82 Å². The summed E-state index contributed by atoms with van der Waals surface area (Å²) in [5, 5.41) is 7.81. The van der Waals surface area contributed by atoms with Gasteiger partial charge in [0.25, 0.3) is 0 Å². The van der Waals surface area contributed by atoms with Crippen LogP contribution in [0.1, 0.15) is 24.1 Å². The van der Waals surface area contributed by atoms with E-state index in [1.807, 2.05) is 0 Å². The highest BCUT2D eigenvalue weighted by Gasteiger charge is 2.28. The Morgan fingerprint density at radius 2 is 1.86 bits per heavy atom. The molecule has 0 bridgehead atoms. The lowest BCUT2D eigenvalue weighted by Gasteiger charge is -2.42. The second kappa shape index (κ2) is 9.33. The number of fused-ring (bicyclic) bond motifs is 2. The van der Waals surface area contributed by atoms with Crippen LogP contribution in [0.2, 0.25) is 0 Å². The Balaban J connectivity index is 1.23. The summed E-state index contributed by atoms with van der Waals surface area (Å²) < 4.78 is 21.2. The van der Waals surface area contributed by atoms with Crippen LogP contribution in [0.3, 0.4) is 0 Å². The lowest BCUT2D eigenvalue weighted by atomic mass is 10.00. The first-order chi connectivity index (χ1) is 17.7. The van der Waals surface area contributed by atoms with E-state index >= 15 is 0 Å². The molecule has 0 amide bonds. The number of halogens is 1. The van der Waals surface area contributed by atoms with Crippen LogP contribution in [0.5, 0.6) is 0 Å². The van der Waals surface area contributed by atoms with Crippen molar-refractivity contribution in [2.24, 2.45) is 0 Å². The summed E-state index contributed by atoms with van der Waals surface area (Å²) in [4.78, 5) is 18.8. The molecule has 0 unspecified atom stereocenters. The zero-order chi connectivity index (χ0) is 24.1. The first-order valence-electron chi connectivity index (χ1n) is 12.9. The molecule has 8 nitrogen and oxygen atoms in total. The summed E-state index contributed by atoms with van der Waals surface area (Å²) >= 11 is 1.79. The number of ether oxygens (including phenoxy) is 1. The SMILES string of the molecule is Fc1cc(-c2nc(N3CCOCC3)c3sc(CN4CCC(N5CCC5)CC4)cc3n2)c2cn[nH]c2c1. The molecular formula is C26H30FN7OS. The molecule has 1 N–H and O–H groups in total. The molecule has 3 saturated heterocycles. The third kappa shape index (κ3) is 4.15. The predicted molar refractivity (Wildman–Crippen MR) is 140 cm³/mol. The fourth-order valence-electron chi connectivity index (χ4n) is 5.72. The molecule has 0 atom stereocenters. The second-order valence-corrected chi connectivity index (χ2v) is 11.2. The Hall–Kier alpha value is -2.66. The van der Waals surface area contributed by atoms with E-state index in [1.165, 1.54) is 49.4 Å². The van der Waals surface area contributed by atoms with Gasteiger partial charge in [-0.25, -0.2) is 14.4 Å². The first-order valence-corrected chi connectivity index (χ1v) is 13.8. The minimum Gasteiger partial charge on any atom is -0.378 e. The molecule has 3 aliphatic rings. The van der Waals surface area contributed by atoms with Gasteiger partial charge in [0.15, 0.2) is 11.6 Å². The van der Waals surface area contributed by atoms with Crippen LogP contribution < -0.4 is 4.90 Å². The molecule has 7 rings (SSSR count). The third-order valence-corrected chi connectivity index (χ3v) is 8.93. The van der Waals surface area contributed by atoms with Crippen molar-refractivity contribution >= 4 is 38.3 Å². The number of thiophene rings is 1. The number of hydrogen-bond acceptors (Lipinski definition) is 8. The summed E-state index contributed by atoms with van der Waals surface area (Å²) in [5.74, 6) is 1.13. The molecule has 0 aliphatic carbocycles. The highest BCUT2D eigenvalue weighted by atomic mass is 32.1. The number of anilines is 1. The predicted octanol–water partition coefficient (Wildman–Crippen LogP) is 3.88. The quantitative estimate of drug-likeness (QED) is 0.440. The molecule has 0 spiro atoms. The van der Waals surface area contributed by atoms with Gasteiger partial charge in [0.05, 0.1) is 35.1 Å². The summed E-state index contributed by atoms with van der Waals surface area (Å²) in [7, 11) is 0. The molecule has 3 aromatic heterocycles. The standard InChI is InChI=1S/C26H30FN7OS/c27-17-12-20(21-15-28-31-22(21)13-17)25-29-23-14-19(16-32-6-2-18(3-7-32)33-4-1-5-33)36-24(23)26(30-25)34-8-10-35-11-9-34/h12-15,18H,1-11,16H2,(H,28,31). The molecule has 4 aromatic rings. The highest BCUT2D eigenvalue weighted by molar-refractivity contribution is 7.19. The molecule has 3 aliphatic heterocycles. The Labute approximate surface area is 213 Å². The third-order valence-electron chi connectivity index (χ3n) is 7.82. The molecule has 6 heterocycles. The van der Waals surface area contributed by atoms with Crippen molar-refractivity contribution in [3.05, 3.63) is 35.1 Å². The average Bonchev–Trinajstić information content (AvgIpc) is 3.50. The van der Waals surface area contributed by atoms with Crippen LogP contribution in [-0.4, -0.2) is 88.5 Å². The molecule has 0 radical (unpaired) electrons. The second-order valence-electron chi connectivity index (χ2n) is 10.1. The molecule has 1 aromatic carbocycles. The smallest absolute Gasteiger partial charge is 0.163 e. The van der Waals surface area contributed by atoms with Crippen molar-refractivity contribution < 1.29 is 9.13 Å². The van der Waals surface area contributed by atoms with Gasteiger partial charge < -0.3 is 14.5 Å². The van der Waals surface area contributed by atoms with Crippen LogP contribution in [0.15, 0.2) is 24.4 Å². The van der Waals surface area contributed by atoms with Crippen LogP contribution in [0.25, 0.3) is 32.5 Å². The summed E-state index contributed by atoms with van der Waals surface area (Å²) in [6, 6.07) is 5.95. The van der Waals surface area contributed by atoms with Crippen molar-refractivity contribution in [3.63, 3.8) is 0 Å². The van der Waals surface area contributed by atoms with Crippen molar-refractivity contribution in [2.45, 2.75) is 31.8 Å². The van der Waals surface area contributed by atoms with Crippen LogP contribution in [0.4, 0.5) is 10.2 Å². The number of piperidine rings is 1. The highest BCUT2D eigenvalue weighted by Crippen LogP contribution is 2.37. The number of likely N-dealkylation sites (tertiary alicyclic amines) is 2. The van der Waals surface area contributed by atoms with E-state index in [0.29, 0.717) is 30.1 Å². The van der Waals surface area contributed by atoms with E-state index in [0.717, 1.165) is 60.2 Å². The molecule has 36 heavy (non-hydrogen) atoms. The largest absolute Gasteiger partial charge is 0.378 e. The van der Waals surface area contributed by atoms with Gasteiger partial charge in [-0.15, -0.1) is 11.3 Å². The molecule has 0 saturated carbocycles. The maximum atomic E-state index is 14.5. The number of benzene rings is 1. The maximum absolute atomic E-state index is 14.5. The van der Waals surface area contributed by atoms with Gasteiger partial charge in [-0.05, 0) is 50.6 Å². The number of nitrogens with zero attached hydrogens (tertiary/aromatic N) is 6. The van der Waals surface area contributed by atoms with Gasteiger partial charge in [-0.2, -0.15) is 5.10 Å². The minimum atomic E-state index is -0.328. The minimum absolute atomic E-state index is 0.328. The fraction of sp³-hybridized carbons (Fsp3) is 0.500. The monoisotopic (exact) mass is 507 g/mol. The van der Waals surface area contributed by atoms with Crippen molar-refractivity contribution in [2.75, 3.05) is 57.4 Å². The normalized spacial score (nSPS) is 20.4. The zero-order valence-corrected chi connectivity index (χ0v) is 21.1. The Bertz CT molecular complexity index is 1390. The van der Waals surface area contributed by atoms with Gasteiger partial charge in [0.1, 0.15) is 5.82 Å². The number of aromatic nitrogens is 4. The van der Waals surface area contributed by atoms with Crippen LogP contribution >= 0.6 is 11.3 Å². The van der Waals surface area contributed by atoms with E-state index in [1.54, 1.807) is 17.5 Å². The van der Waals surface area contributed by atoms with Crippen molar-refractivity contribution in [1.82, 2.24) is 30.0 Å². The summed E-state index contributed by atoms with van der Waals surface area (Å²) in [6.45, 7) is 8.71. The first kappa shape index (κ1) is 22.5. The number of nitrogens with one attached hydrogen (secondary N) is 1. The van der Waals surface area contributed by atoms with Gasteiger partial charge in [-0.3, -0.25) is 10.00 Å².